The predicted molar refractivity (Wildman–Crippen MR) is 230 cm³/mol. The van der Waals surface area contributed by atoms with Gasteiger partial charge >= 0.3 is 5.97 Å². The van der Waals surface area contributed by atoms with Gasteiger partial charge in [0.05, 0.1) is 19.1 Å². The Hall–Kier alpha value is -4.28. The van der Waals surface area contributed by atoms with Crippen molar-refractivity contribution in [3.63, 3.8) is 0 Å². The molecule has 0 bridgehead atoms. The summed E-state index contributed by atoms with van der Waals surface area (Å²) in [4.78, 5) is 73.7. The number of benzene rings is 1. The Kier molecular flexibility index (Phi) is 14.2. The number of hydrogen-bond acceptors (Lipinski definition) is 9. The number of nitrogens with one attached hydrogen (secondary N) is 3. The fraction of sp³-hybridized carbons (Fsp3) is 0.739. The van der Waals surface area contributed by atoms with E-state index in [1.165, 1.54) is 4.90 Å². The molecule has 7 rings (SSSR count). The Morgan fingerprint density at radius 1 is 0.935 bits per heavy atom. The zero-order chi connectivity index (χ0) is 44.2. The molecule has 3 aliphatic carbocycles. The third-order valence-electron chi connectivity index (χ3n) is 16.0. The molecule has 342 valence electrons. The van der Waals surface area contributed by atoms with Gasteiger partial charge in [-0.25, -0.2) is 0 Å². The molecule has 4 amide bonds. The first-order chi connectivity index (χ1) is 29.7. The molecule has 0 radical (unpaired) electrons. The quantitative estimate of drug-likeness (QED) is 0.0850. The van der Waals surface area contributed by atoms with Crippen molar-refractivity contribution in [2.75, 3.05) is 26.8 Å². The van der Waals surface area contributed by atoms with E-state index in [0.29, 0.717) is 62.6 Å². The average Bonchev–Trinajstić information content (AvgIpc) is 3.95. The highest BCUT2D eigenvalue weighted by atomic mass is 16.7. The number of likely N-dealkylation sites (tertiary alicyclic amines) is 1. The molecule has 3 saturated heterocycles. The van der Waals surface area contributed by atoms with Crippen molar-refractivity contribution < 1.29 is 43.3 Å². The molecule has 0 aromatic heterocycles. The van der Waals surface area contributed by atoms with Crippen LogP contribution in [0.3, 0.4) is 0 Å². The average molecular weight is 864 g/mol. The molecule has 12 atom stereocenters. The van der Waals surface area contributed by atoms with Gasteiger partial charge < -0.3 is 51.6 Å². The Balaban J connectivity index is 1.08. The van der Waals surface area contributed by atoms with Gasteiger partial charge in [-0.3, -0.25) is 29.0 Å². The van der Waals surface area contributed by atoms with E-state index in [0.717, 1.165) is 56.9 Å². The molecular formula is C46H69N7O9. The van der Waals surface area contributed by atoms with Gasteiger partial charge in [-0.2, -0.15) is 0 Å². The summed E-state index contributed by atoms with van der Waals surface area (Å²) in [5.74, 6) is -2.62. The summed E-state index contributed by atoms with van der Waals surface area (Å²) in [5.41, 5.74) is 12.0. The molecule has 16 nitrogen and oxygen atoms in total. The van der Waals surface area contributed by atoms with Gasteiger partial charge in [-0.05, 0) is 118 Å². The minimum atomic E-state index is -1.37. The van der Waals surface area contributed by atoms with Crippen molar-refractivity contribution in [3.8, 4) is 0 Å². The van der Waals surface area contributed by atoms with Crippen LogP contribution in [0, 0.1) is 34.5 Å². The summed E-state index contributed by atoms with van der Waals surface area (Å²) < 4.78 is 19.4. The summed E-state index contributed by atoms with van der Waals surface area (Å²) in [6.45, 7) is 6.01. The summed E-state index contributed by atoms with van der Waals surface area (Å²) >= 11 is 0. The first kappa shape index (κ1) is 45.7. The molecule has 3 saturated carbocycles. The van der Waals surface area contributed by atoms with Gasteiger partial charge in [0.15, 0.2) is 11.7 Å². The van der Waals surface area contributed by atoms with Crippen LogP contribution in [0.25, 0.3) is 0 Å². The maximum Gasteiger partial charge on any atom is 0.305 e. The third-order valence-corrected chi connectivity index (χ3v) is 16.0. The van der Waals surface area contributed by atoms with Crippen molar-refractivity contribution in [3.05, 3.63) is 35.9 Å². The van der Waals surface area contributed by atoms with E-state index in [1.54, 1.807) is 0 Å². The Labute approximate surface area is 365 Å². The Morgan fingerprint density at radius 2 is 1.71 bits per heavy atom. The van der Waals surface area contributed by atoms with Gasteiger partial charge in [0.2, 0.25) is 23.6 Å². The zero-order valence-electron chi connectivity index (χ0n) is 36.8. The number of aliphatic imine (C=N–C) groups is 1. The van der Waals surface area contributed by atoms with Crippen LogP contribution in [-0.4, -0.2) is 108 Å². The minimum Gasteiger partial charge on any atom is -0.481 e. The minimum absolute atomic E-state index is 0.0853. The molecule has 1 aromatic carbocycles. The molecule has 6 fully saturated rings. The lowest BCUT2D eigenvalue weighted by Gasteiger charge is -2.66. The van der Waals surface area contributed by atoms with E-state index < -0.39 is 60.1 Å². The lowest BCUT2D eigenvalue weighted by Crippen LogP contribution is -2.66. The number of amides is 4. The number of carbonyl (C=O) groups is 5. The third kappa shape index (κ3) is 9.33. The first-order valence-corrected chi connectivity index (χ1v) is 23.0. The second kappa shape index (κ2) is 19.2. The first-order valence-electron chi connectivity index (χ1n) is 23.0. The number of rotatable bonds is 15. The van der Waals surface area contributed by atoms with E-state index in [1.807, 2.05) is 37.4 Å². The second-order valence-corrected chi connectivity index (χ2v) is 19.4. The maximum atomic E-state index is 14.7. The number of carbonyl (C=O) groups excluding carboxylic acids is 4. The van der Waals surface area contributed by atoms with Gasteiger partial charge in [0.25, 0.3) is 0 Å². The molecule has 3 aliphatic heterocycles. The normalized spacial score (nSPS) is 34.8. The van der Waals surface area contributed by atoms with Gasteiger partial charge in [-0.1, -0.05) is 44.2 Å². The molecule has 0 unspecified atom stereocenters. The molecule has 16 heteroatoms. The van der Waals surface area contributed by atoms with E-state index >= 15 is 0 Å². The van der Waals surface area contributed by atoms with Crippen molar-refractivity contribution in [2.45, 2.75) is 153 Å². The van der Waals surface area contributed by atoms with E-state index in [4.69, 9.17) is 25.7 Å². The SMILES string of the molecule is CO[C@H]1CC[C@@]2(C)[C@@H](CC[C@@H]3[C@@H]2CC[C@@]2(C)[C@H]3C[C@H](C(=O)N[C@@H](CCCN=C(N)N)C(=O)N3CCC[C@@H]3C(=O)N[C@@H](CC(=O)O)C(=O)NCc3ccccc3)O[C@@]23CCCO3)C1. The van der Waals surface area contributed by atoms with Gasteiger partial charge in [-0.15, -0.1) is 0 Å². The van der Waals surface area contributed by atoms with Crippen LogP contribution in [0.5, 0.6) is 0 Å². The van der Waals surface area contributed by atoms with Crippen molar-refractivity contribution in [1.29, 1.82) is 0 Å². The summed E-state index contributed by atoms with van der Waals surface area (Å²) in [5, 5.41) is 18.0. The number of guanidine groups is 1. The lowest BCUT2D eigenvalue weighted by molar-refractivity contribution is -0.348. The van der Waals surface area contributed by atoms with Crippen LogP contribution in [-0.2, 0) is 44.7 Å². The number of fused-ring (bicyclic) bond motifs is 6. The second-order valence-electron chi connectivity index (χ2n) is 19.4. The van der Waals surface area contributed by atoms with Gasteiger partial charge in [0.1, 0.15) is 24.2 Å². The smallest absolute Gasteiger partial charge is 0.305 e. The molecule has 8 N–H and O–H groups in total. The fourth-order valence-corrected chi connectivity index (χ4v) is 12.7. The van der Waals surface area contributed by atoms with E-state index in [2.05, 4.69) is 34.8 Å². The monoisotopic (exact) mass is 864 g/mol. The van der Waals surface area contributed by atoms with Crippen LogP contribution in [0.1, 0.15) is 116 Å². The largest absolute Gasteiger partial charge is 0.481 e. The Morgan fingerprint density at radius 3 is 2.42 bits per heavy atom. The van der Waals surface area contributed by atoms with Crippen molar-refractivity contribution in [2.24, 2.45) is 51.0 Å². The van der Waals surface area contributed by atoms with Gasteiger partial charge in [0, 0.05) is 38.6 Å². The highest BCUT2D eigenvalue weighted by molar-refractivity contribution is 5.96. The number of hydrogen-bond donors (Lipinski definition) is 6. The zero-order valence-corrected chi connectivity index (χ0v) is 36.8. The maximum absolute atomic E-state index is 14.7. The number of nitrogens with zero attached hydrogens (tertiary/aromatic N) is 2. The van der Waals surface area contributed by atoms with Crippen molar-refractivity contribution >= 4 is 35.6 Å². The van der Waals surface area contributed by atoms with Crippen LogP contribution in [0.4, 0.5) is 0 Å². The fourth-order valence-electron chi connectivity index (χ4n) is 12.7. The Bertz CT molecular complexity index is 1820. The van der Waals surface area contributed by atoms with Crippen molar-refractivity contribution in [1.82, 2.24) is 20.9 Å². The standard InChI is InChI=1S/C46H69N7O9/c1-44-19-16-30(60-3)24-29(44)14-15-31-32(44)17-20-45(2)33(31)25-37(62-46(45)18-9-23-61-46)41(58)51-34(12-7-21-49-43(47)48)42(59)53-22-8-13-36(53)40(57)52-35(26-38(54)55)39(56)50-27-28-10-5-4-6-11-28/h4-6,10-11,29-37H,7-9,12-27H2,1-3H3,(H,50,56)(H,51,58)(H,52,57)(H,54,55)(H4,47,48,49)/t29-,30-,31+,32-,33-,34-,35-,36+,37+,44-,45-,46-/m0/s1. The van der Waals surface area contributed by atoms with Crippen LogP contribution < -0.4 is 27.4 Å². The number of nitrogens with two attached hydrogens (primary N) is 2. The van der Waals surface area contributed by atoms with Crippen LogP contribution in [0.15, 0.2) is 35.3 Å². The van der Waals surface area contributed by atoms with Crippen LogP contribution in [0.2, 0.25) is 0 Å². The van der Waals surface area contributed by atoms with E-state index in [-0.39, 0.29) is 54.7 Å². The topological polar surface area (TPSA) is 237 Å². The highest BCUT2D eigenvalue weighted by Gasteiger charge is 2.67. The molecule has 1 aromatic rings. The lowest BCUT2D eigenvalue weighted by atomic mass is 9.42. The number of aliphatic carboxylic acids is 1. The molecule has 6 aliphatic rings. The van der Waals surface area contributed by atoms with E-state index in [9.17, 15) is 29.1 Å². The summed E-state index contributed by atoms with van der Waals surface area (Å²) in [6, 6.07) is 5.76. The van der Waals surface area contributed by atoms with Crippen LogP contribution >= 0.6 is 0 Å². The predicted octanol–water partition coefficient (Wildman–Crippen LogP) is 3.35. The highest BCUT2D eigenvalue weighted by Crippen LogP contribution is 2.68. The summed E-state index contributed by atoms with van der Waals surface area (Å²) in [6.07, 6.45) is 9.89. The molecule has 3 heterocycles. The summed E-state index contributed by atoms with van der Waals surface area (Å²) in [7, 11) is 1.83. The number of ether oxygens (including phenoxy) is 3. The number of carboxylic acids is 1. The number of methoxy groups -OCH3 is 1. The molecule has 1 spiro atoms. The molecular weight excluding hydrogens is 795 g/mol. The number of carboxylic acid groups (broad SMARTS) is 1. The molecule has 62 heavy (non-hydrogen) atoms.